The monoisotopic (exact) mass is 192 g/mol. The predicted octanol–water partition coefficient (Wildman–Crippen LogP) is 3.48. The number of rotatable bonds is 0. The van der Waals surface area contributed by atoms with Crippen LogP contribution in [0.25, 0.3) is 0 Å². The second-order valence-electron chi connectivity index (χ2n) is 4.24. The molecule has 70 valence electrons. The van der Waals surface area contributed by atoms with Crippen LogP contribution in [0.15, 0.2) is 18.2 Å². The van der Waals surface area contributed by atoms with Gasteiger partial charge in [-0.3, -0.25) is 0 Å². The summed E-state index contributed by atoms with van der Waals surface area (Å²) < 4.78 is 0.0962. The molecule has 1 aromatic rings. The summed E-state index contributed by atoms with van der Waals surface area (Å²) in [5.41, 5.74) is 4.38. The predicted molar refractivity (Wildman–Crippen MR) is 60.5 cm³/mol. The molecule has 0 heterocycles. The minimum atomic E-state index is 0.0962. The highest BCUT2D eigenvalue weighted by molar-refractivity contribution is 7.81. The average Bonchev–Trinajstić information content (AvgIpc) is 2.02. The Bertz CT molecular complexity index is 326. The molecule has 0 nitrogen and oxygen atoms in total. The molecule has 1 heteroatoms. The number of benzene rings is 1. The minimum Gasteiger partial charge on any atom is -0.168 e. The van der Waals surface area contributed by atoms with Crippen molar-refractivity contribution in [2.24, 2.45) is 0 Å². The minimum absolute atomic E-state index is 0.0962. The first-order valence-corrected chi connectivity index (χ1v) is 5.37. The van der Waals surface area contributed by atoms with Gasteiger partial charge in [-0.25, -0.2) is 0 Å². The Morgan fingerprint density at radius 3 is 2.85 bits per heavy atom. The van der Waals surface area contributed by atoms with Gasteiger partial charge >= 0.3 is 0 Å². The Morgan fingerprint density at radius 2 is 2.15 bits per heavy atom. The number of fused-ring (bicyclic) bond motifs is 1. The molecule has 2 rings (SSSR count). The Labute approximate surface area is 85.8 Å². The van der Waals surface area contributed by atoms with Crippen LogP contribution in [0.5, 0.6) is 0 Å². The van der Waals surface area contributed by atoms with Crippen LogP contribution in [-0.2, 0) is 11.2 Å². The van der Waals surface area contributed by atoms with E-state index < -0.39 is 0 Å². The van der Waals surface area contributed by atoms with Gasteiger partial charge in [-0.2, -0.15) is 12.6 Å². The molecular weight excluding hydrogens is 176 g/mol. The maximum atomic E-state index is 4.77. The summed E-state index contributed by atoms with van der Waals surface area (Å²) in [5, 5.41) is 0. The molecule has 0 unspecified atom stereocenters. The molecule has 1 aliphatic carbocycles. The van der Waals surface area contributed by atoms with Crippen molar-refractivity contribution in [1.82, 2.24) is 0 Å². The number of hydrogen-bond donors (Lipinski definition) is 1. The van der Waals surface area contributed by atoms with Crippen molar-refractivity contribution in [3.8, 4) is 0 Å². The van der Waals surface area contributed by atoms with Crippen LogP contribution in [0, 0.1) is 6.92 Å². The van der Waals surface area contributed by atoms with Crippen molar-refractivity contribution < 1.29 is 0 Å². The van der Waals surface area contributed by atoms with Crippen LogP contribution in [0.3, 0.4) is 0 Å². The highest BCUT2D eigenvalue weighted by Gasteiger charge is 2.29. The van der Waals surface area contributed by atoms with Crippen molar-refractivity contribution in [2.75, 3.05) is 0 Å². The van der Waals surface area contributed by atoms with E-state index >= 15 is 0 Å². The summed E-state index contributed by atoms with van der Waals surface area (Å²) in [7, 11) is 0. The van der Waals surface area contributed by atoms with Crippen LogP contribution in [0.1, 0.15) is 36.5 Å². The van der Waals surface area contributed by atoms with Gasteiger partial charge < -0.3 is 0 Å². The molecule has 1 atom stereocenters. The van der Waals surface area contributed by atoms with E-state index in [4.69, 9.17) is 12.6 Å². The van der Waals surface area contributed by atoms with Crippen LogP contribution >= 0.6 is 12.6 Å². The normalized spacial score (nSPS) is 27.0. The number of aryl methyl sites for hydroxylation is 2. The van der Waals surface area contributed by atoms with Crippen LogP contribution in [0.4, 0.5) is 0 Å². The van der Waals surface area contributed by atoms with Crippen LogP contribution < -0.4 is 0 Å². The maximum Gasteiger partial charge on any atom is 0.0355 e. The van der Waals surface area contributed by atoms with Crippen LogP contribution in [-0.4, -0.2) is 0 Å². The lowest BCUT2D eigenvalue weighted by atomic mass is 9.81. The van der Waals surface area contributed by atoms with E-state index in [-0.39, 0.29) is 4.75 Å². The lowest BCUT2D eigenvalue weighted by Gasteiger charge is -2.33. The zero-order valence-corrected chi connectivity index (χ0v) is 9.20. The molecule has 0 radical (unpaired) electrons. The SMILES string of the molecule is Cc1cccc2c1[C@](C)(S)CCC2. The van der Waals surface area contributed by atoms with Crippen LogP contribution in [0.2, 0.25) is 0 Å². The van der Waals surface area contributed by atoms with E-state index in [1.165, 1.54) is 36.0 Å². The molecule has 0 saturated heterocycles. The lowest BCUT2D eigenvalue weighted by molar-refractivity contribution is 0.546. The zero-order valence-electron chi connectivity index (χ0n) is 8.30. The standard InChI is InChI=1S/C12H16S/c1-9-5-3-6-10-7-4-8-12(2,13)11(9)10/h3,5-6,13H,4,7-8H2,1-2H3/t12-/m1/s1. The third-order valence-electron chi connectivity index (χ3n) is 3.01. The van der Waals surface area contributed by atoms with Gasteiger partial charge in [-0.05, 0) is 49.8 Å². The van der Waals surface area contributed by atoms with Crippen molar-refractivity contribution >= 4 is 12.6 Å². The zero-order chi connectivity index (χ0) is 9.47. The largest absolute Gasteiger partial charge is 0.168 e. The smallest absolute Gasteiger partial charge is 0.0355 e. The average molecular weight is 192 g/mol. The van der Waals surface area contributed by atoms with Crippen molar-refractivity contribution in [2.45, 2.75) is 37.9 Å². The maximum absolute atomic E-state index is 4.77. The molecule has 0 aromatic heterocycles. The van der Waals surface area contributed by atoms with Crippen molar-refractivity contribution in [3.05, 3.63) is 34.9 Å². The molecule has 0 amide bonds. The first-order chi connectivity index (χ1) is 6.11. The van der Waals surface area contributed by atoms with E-state index in [1.54, 1.807) is 0 Å². The fourth-order valence-corrected chi connectivity index (χ4v) is 2.93. The topological polar surface area (TPSA) is 0 Å². The molecule has 0 saturated carbocycles. The number of hydrogen-bond acceptors (Lipinski definition) is 1. The second kappa shape index (κ2) is 3.06. The van der Waals surface area contributed by atoms with Gasteiger partial charge in [0.1, 0.15) is 0 Å². The Morgan fingerprint density at radius 1 is 1.38 bits per heavy atom. The van der Waals surface area contributed by atoms with Gasteiger partial charge in [0.2, 0.25) is 0 Å². The van der Waals surface area contributed by atoms with Gasteiger partial charge in [0.05, 0.1) is 0 Å². The van der Waals surface area contributed by atoms with E-state index in [9.17, 15) is 0 Å². The summed E-state index contributed by atoms with van der Waals surface area (Å²) in [6.45, 7) is 4.43. The fraction of sp³-hybridized carbons (Fsp3) is 0.500. The lowest BCUT2D eigenvalue weighted by Crippen LogP contribution is -2.22. The van der Waals surface area contributed by atoms with Gasteiger partial charge in [-0.15, -0.1) is 0 Å². The Kier molecular flexibility index (Phi) is 2.15. The van der Waals surface area contributed by atoms with Gasteiger partial charge in [-0.1, -0.05) is 18.2 Å². The first-order valence-electron chi connectivity index (χ1n) is 4.92. The Hall–Kier alpha value is -0.430. The summed E-state index contributed by atoms with van der Waals surface area (Å²) >= 11 is 4.77. The molecule has 0 N–H and O–H groups in total. The summed E-state index contributed by atoms with van der Waals surface area (Å²) in [6.07, 6.45) is 3.71. The molecule has 1 aliphatic rings. The van der Waals surface area contributed by atoms with Gasteiger partial charge in [0, 0.05) is 4.75 Å². The molecular formula is C12H16S. The highest BCUT2D eigenvalue weighted by Crippen LogP contribution is 2.41. The van der Waals surface area contributed by atoms with E-state index in [2.05, 4.69) is 32.0 Å². The molecule has 13 heavy (non-hydrogen) atoms. The molecule has 1 aromatic carbocycles. The third kappa shape index (κ3) is 1.50. The van der Waals surface area contributed by atoms with E-state index in [0.717, 1.165) is 0 Å². The van der Waals surface area contributed by atoms with E-state index in [0.29, 0.717) is 0 Å². The quantitative estimate of drug-likeness (QED) is 0.598. The summed E-state index contributed by atoms with van der Waals surface area (Å²) in [5.74, 6) is 0. The molecule has 0 fully saturated rings. The summed E-state index contributed by atoms with van der Waals surface area (Å²) in [6, 6.07) is 6.60. The van der Waals surface area contributed by atoms with E-state index in [1.807, 2.05) is 0 Å². The molecule has 0 spiro atoms. The van der Waals surface area contributed by atoms with Gasteiger partial charge in [0.25, 0.3) is 0 Å². The number of thiol groups is 1. The van der Waals surface area contributed by atoms with Crippen molar-refractivity contribution in [1.29, 1.82) is 0 Å². The molecule has 0 aliphatic heterocycles. The highest BCUT2D eigenvalue weighted by atomic mass is 32.1. The summed E-state index contributed by atoms with van der Waals surface area (Å²) in [4.78, 5) is 0. The third-order valence-corrected chi connectivity index (χ3v) is 3.45. The first kappa shape index (κ1) is 9.14. The fourth-order valence-electron chi connectivity index (χ4n) is 2.46. The molecule has 0 bridgehead atoms. The van der Waals surface area contributed by atoms with Crippen molar-refractivity contribution in [3.63, 3.8) is 0 Å². The Balaban J connectivity index is 2.61. The second-order valence-corrected chi connectivity index (χ2v) is 5.22. The van der Waals surface area contributed by atoms with Gasteiger partial charge in [0.15, 0.2) is 0 Å².